The molecule has 0 atom stereocenters. The molecule has 1 saturated carbocycles. The molecule has 3 aliphatic rings. The maximum atomic E-state index is 13.0. The number of nitrogens with zero attached hydrogens (tertiary/aromatic N) is 5. The van der Waals surface area contributed by atoms with E-state index in [4.69, 9.17) is 0 Å². The Labute approximate surface area is 176 Å². The van der Waals surface area contributed by atoms with Gasteiger partial charge in [-0.05, 0) is 38.2 Å². The van der Waals surface area contributed by atoms with Crippen LogP contribution in [0.15, 0.2) is 52.8 Å². The Morgan fingerprint density at radius 1 is 1.33 bits per heavy atom. The zero-order valence-electron chi connectivity index (χ0n) is 17.1. The predicted molar refractivity (Wildman–Crippen MR) is 114 cm³/mol. The fraction of sp³-hybridized carbons (Fsp3) is 0.409. The summed E-state index contributed by atoms with van der Waals surface area (Å²) in [5.74, 6) is 0.664. The molecule has 1 N–H and O–H groups in total. The van der Waals surface area contributed by atoms with Crippen LogP contribution in [0.1, 0.15) is 37.8 Å². The zero-order valence-corrected chi connectivity index (χ0v) is 17.1. The maximum absolute atomic E-state index is 13.0. The van der Waals surface area contributed by atoms with Crippen LogP contribution in [-0.4, -0.2) is 64.5 Å². The smallest absolute Gasteiger partial charge is 0.270 e. The van der Waals surface area contributed by atoms with E-state index in [1.165, 1.54) is 0 Å². The van der Waals surface area contributed by atoms with Crippen LogP contribution in [0.5, 0.6) is 0 Å². The Morgan fingerprint density at radius 2 is 2.20 bits per heavy atom. The van der Waals surface area contributed by atoms with Crippen LogP contribution < -0.4 is 5.32 Å². The Balaban J connectivity index is 1.44. The molecule has 0 saturated heterocycles. The van der Waals surface area contributed by atoms with E-state index in [-0.39, 0.29) is 5.91 Å². The molecule has 4 rings (SSSR count). The number of carbonyl (C=O) groups is 2. The molecule has 1 aromatic rings. The van der Waals surface area contributed by atoms with E-state index in [0.29, 0.717) is 36.8 Å². The summed E-state index contributed by atoms with van der Waals surface area (Å²) in [5, 5.41) is 3.32. The maximum Gasteiger partial charge on any atom is 0.270 e. The molecule has 2 aliphatic heterocycles. The van der Waals surface area contributed by atoms with Crippen molar-refractivity contribution in [2.75, 3.05) is 20.3 Å². The highest BCUT2D eigenvalue weighted by molar-refractivity contribution is 6.09. The second kappa shape index (κ2) is 9.02. The lowest BCUT2D eigenvalue weighted by Gasteiger charge is -2.34. The summed E-state index contributed by atoms with van der Waals surface area (Å²) >= 11 is 0. The summed E-state index contributed by atoms with van der Waals surface area (Å²) in [6.45, 7) is 1.14. The molecule has 1 aromatic heterocycles. The van der Waals surface area contributed by atoms with Gasteiger partial charge >= 0.3 is 0 Å². The lowest BCUT2D eigenvalue weighted by molar-refractivity contribution is -0.128. The van der Waals surface area contributed by atoms with Crippen LogP contribution in [0.3, 0.4) is 0 Å². The molecule has 0 spiro atoms. The number of aldehydes is 1. The van der Waals surface area contributed by atoms with Gasteiger partial charge in [0.25, 0.3) is 5.91 Å². The number of aromatic nitrogens is 2. The number of aliphatic imine (C=N–C) groups is 1. The predicted octanol–water partition coefficient (Wildman–Crippen LogP) is 1.89. The molecule has 1 fully saturated rings. The van der Waals surface area contributed by atoms with Gasteiger partial charge in [-0.15, -0.1) is 0 Å². The van der Waals surface area contributed by atoms with Crippen LogP contribution in [0, 0.1) is 0 Å². The van der Waals surface area contributed by atoms with Crippen LogP contribution in [-0.2, 0) is 9.59 Å². The second-order valence-corrected chi connectivity index (χ2v) is 7.67. The summed E-state index contributed by atoms with van der Waals surface area (Å²) in [4.78, 5) is 41.4. The quantitative estimate of drug-likeness (QED) is 0.696. The van der Waals surface area contributed by atoms with Gasteiger partial charge in [0.15, 0.2) is 0 Å². The number of carbonyl (C=O) groups excluding carboxylic acids is 2. The van der Waals surface area contributed by atoms with Gasteiger partial charge in [-0.3, -0.25) is 19.6 Å². The minimum absolute atomic E-state index is 0.0638. The first-order chi connectivity index (χ1) is 14.7. The Hall–Kier alpha value is -3.29. The lowest BCUT2D eigenvalue weighted by Crippen LogP contribution is -2.44. The van der Waals surface area contributed by atoms with Crippen LogP contribution >= 0.6 is 0 Å². The van der Waals surface area contributed by atoms with Gasteiger partial charge in [0.05, 0.1) is 18.6 Å². The van der Waals surface area contributed by atoms with E-state index in [1.54, 1.807) is 29.7 Å². The molecular formula is C22H26N6O2. The fourth-order valence-corrected chi connectivity index (χ4v) is 3.69. The topological polar surface area (TPSA) is 90.8 Å². The number of allylic oxidation sites excluding steroid dienone is 4. The fourth-order valence-electron chi connectivity index (χ4n) is 3.69. The molecule has 1 amide bonds. The summed E-state index contributed by atoms with van der Waals surface area (Å²) in [5.41, 5.74) is 2.81. The molecule has 156 valence electrons. The number of rotatable bonds is 7. The molecule has 0 aromatic carbocycles. The molecule has 8 nitrogen and oxygen atoms in total. The average molecular weight is 406 g/mol. The minimum atomic E-state index is -0.0638. The first-order valence-electron chi connectivity index (χ1n) is 10.3. The molecule has 1 aliphatic carbocycles. The van der Waals surface area contributed by atoms with Crippen molar-refractivity contribution in [3.05, 3.63) is 53.5 Å². The Kier molecular flexibility index (Phi) is 6.02. The van der Waals surface area contributed by atoms with Crippen molar-refractivity contribution in [1.82, 2.24) is 25.1 Å². The van der Waals surface area contributed by atoms with Gasteiger partial charge in [-0.1, -0.05) is 6.08 Å². The third-order valence-electron chi connectivity index (χ3n) is 5.56. The molecule has 0 unspecified atom stereocenters. The summed E-state index contributed by atoms with van der Waals surface area (Å²) in [7, 11) is 1.83. The molecule has 0 bridgehead atoms. The van der Waals surface area contributed by atoms with Gasteiger partial charge in [-0.25, -0.2) is 4.99 Å². The van der Waals surface area contributed by atoms with Gasteiger partial charge in [0, 0.05) is 49.4 Å². The van der Waals surface area contributed by atoms with Crippen molar-refractivity contribution in [3.63, 3.8) is 0 Å². The molecule has 30 heavy (non-hydrogen) atoms. The Bertz CT molecular complexity index is 930. The number of hydrogen-bond acceptors (Lipinski definition) is 7. The SMILES string of the molecule is CN(C(=O)C1=C(C=O)CCCN1CNC1=CCC=C(c2cnccn2)C=N1)C1CC1. The third kappa shape index (κ3) is 4.48. The summed E-state index contributed by atoms with van der Waals surface area (Å²) in [6, 6.07) is 0.300. The summed E-state index contributed by atoms with van der Waals surface area (Å²) < 4.78 is 0. The van der Waals surface area contributed by atoms with E-state index in [0.717, 1.165) is 49.2 Å². The standard InChI is InChI=1S/C22H26N6O2/c1-27(18-7-8-18)22(30)21-17(14-29)5-3-11-28(21)15-26-20-6-2-4-16(12-25-20)19-13-23-9-10-24-19/h4,6,9-10,12-14,18,26H,2-3,5,7-8,11,15H2,1H3. The minimum Gasteiger partial charge on any atom is -0.353 e. The summed E-state index contributed by atoms with van der Waals surface area (Å²) in [6.07, 6.45) is 15.9. The molecule has 0 radical (unpaired) electrons. The van der Waals surface area contributed by atoms with Crippen molar-refractivity contribution in [3.8, 4) is 0 Å². The van der Waals surface area contributed by atoms with E-state index in [9.17, 15) is 9.59 Å². The molecule has 8 heteroatoms. The van der Waals surface area contributed by atoms with Gasteiger partial charge in [-0.2, -0.15) is 0 Å². The van der Waals surface area contributed by atoms with Crippen molar-refractivity contribution in [1.29, 1.82) is 0 Å². The number of nitrogens with one attached hydrogen (secondary N) is 1. The van der Waals surface area contributed by atoms with E-state index >= 15 is 0 Å². The number of hydrogen-bond donors (Lipinski definition) is 1. The average Bonchev–Trinajstić information content (AvgIpc) is 3.64. The first-order valence-corrected chi connectivity index (χ1v) is 10.3. The van der Waals surface area contributed by atoms with Crippen LogP contribution in [0.25, 0.3) is 5.57 Å². The third-order valence-corrected chi connectivity index (χ3v) is 5.56. The van der Waals surface area contributed by atoms with Crippen LogP contribution in [0.4, 0.5) is 0 Å². The van der Waals surface area contributed by atoms with Gasteiger partial charge in [0.2, 0.25) is 0 Å². The van der Waals surface area contributed by atoms with Gasteiger partial charge in [0.1, 0.15) is 17.8 Å². The molecular weight excluding hydrogens is 380 g/mol. The van der Waals surface area contributed by atoms with E-state index in [1.807, 2.05) is 24.1 Å². The second-order valence-electron chi connectivity index (χ2n) is 7.67. The first kappa shape index (κ1) is 20.0. The number of amides is 1. The lowest BCUT2D eigenvalue weighted by atomic mass is 10.0. The zero-order chi connectivity index (χ0) is 20.9. The highest BCUT2D eigenvalue weighted by Gasteiger charge is 2.35. The van der Waals surface area contributed by atoms with E-state index in [2.05, 4.69) is 20.3 Å². The molecule has 3 heterocycles. The van der Waals surface area contributed by atoms with Crippen molar-refractivity contribution >= 4 is 24.0 Å². The van der Waals surface area contributed by atoms with Crippen LogP contribution in [0.2, 0.25) is 0 Å². The van der Waals surface area contributed by atoms with Crippen molar-refractivity contribution < 1.29 is 9.59 Å². The number of likely N-dealkylation sites (N-methyl/N-ethyl adjacent to an activating group) is 1. The highest BCUT2D eigenvalue weighted by Crippen LogP contribution is 2.29. The normalized spacial score (nSPS) is 19.0. The van der Waals surface area contributed by atoms with E-state index < -0.39 is 0 Å². The monoisotopic (exact) mass is 406 g/mol. The highest BCUT2D eigenvalue weighted by atomic mass is 16.2. The Morgan fingerprint density at radius 3 is 2.93 bits per heavy atom. The largest absolute Gasteiger partial charge is 0.353 e. The van der Waals surface area contributed by atoms with Gasteiger partial charge < -0.3 is 15.1 Å². The van der Waals surface area contributed by atoms with Crippen molar-refractivity contribution in [2.24, 2.45) is 4.99 Å². The van der Waals surface area contributed by atoms with Crippen molar-refractivity contribution in [2.45, 2.75) is 38.1 Å².